The quantitative estimate of drug-likeness (QED) is 0.850. The second-order valence-corrected chi connectivity index (χ2v) is 7.22. The van der Waals surface area contributed by atoms with Crippen molar-refractivity contribution in [3.8, 4) is 0 Å². The van der Waals surface area contributed by atoms with Crippen LogP contribution in [0.25, 0.3) is 0 Å². The van der Waals surface area contributed by atoms with Crippen molar-refractivity contribution in [2.75, 3.05) is 13.1 Å². The number of hydrogen-bond donors (Lipinski definition) is 1. The Morgan fingerprint density at radius 3 is 2.42 bits per heavy atom. The van der Waals surface area contributed by atoms with Gasteiger partial charge in [0.05, 0.1) is 0 Å². The van der Waals surface area contributed by atoms with Crippen molar-refractivity contribution < 1.29 is 4.79 Å². The SMILES string of the molecule is CCN(CC1CC1)C(=O)C1CCC(N)C(C)C1(C)C. The first-order valence-electron chi connectivity index (χ1n) is 7.92. The van der Waals surface area contributed by atoms with Gasteiger partial charge in [-0.1, -0.05) is 20.8 Å². The van der Waals surface area contributed by atoms with Gasteiger partial charge in [0.2, 0.25) is 5.91 Å². The predicted octanol–water partition coefficient (Wildman–Crippen LogP) is 2.64. The Hall–Kier alpha value is -0.570. The average Bonchev–Trinajstić information content (AvgIpc) is 3.16. The number of carbonyl (C=O) groups is 1. The first-order valence-corrected chi connectivity index (χ1v) is 7.92. The van der Waals surface area contributed by atoms with Gasteiger partial charge in [0.1, 0.15) is 0 Å². The van der Waals surface area contributed by atoms with Crippen LogP contribution in [0.4, 0.5) is 0 Å². The van der Waals surface area contributed by atoms with E-state index in [0.717, 1.165) is 31.8 Å². The molecule has 0 aromatic rings. The van der Waals surface area contributed by atoms with E-state index in [1.807, 2.05) is 0 Å². The van der Waals surface area contributed by atoms with Crippen LogP contribution in [0.5, 0.6) is 0 Å². The van der Waals surface area contributed by atoms with Crippen LogP contribution in [0.15, 0.2) is 0 Å². The summed E-state index contributed by atoms with van der Waals surface area (Å²) in [5.74, 6) is 1.71. The molecule has 0 radical (unpaired) electrons. The summed E-state index contributed by atoms with van der Waals surface area (Å²) in [5.41, 5.74) is 6.21. The molecule has 0 saturated heterocycles. The fraction of sp³-hybridized carbons (Fsp3) is 0.938. The van der Waals surface area contributed by atoms with Crippen molar-refractivity contribution in [1.29, 1.82) is 0 Å². The van der Waals surface area contributed by atoms with E-state index >= 15 is 0 Å². The molecule has 0 aliphatic heterocycles. The molecular formula is C16H30N2O. The van der Waals surface area contributed by atoms with Crippen molar-refractivity contribution in [1.82, 2.24) is 4.90 Å². The van der Waals surface area contributed by atoms with Crippen LogP contribution in [0.2, 0.25) is 0 Å². The highest BCUT2D eigenvalue weighted by atomic mass is 16.2. The van der Waals surface area contributed by atoms with E-state index in [9.17, 15) is 4.79 Å². The van der Waals surface area contributed by atoms with Crippen LogP contribution < -0.4 is 5.73 Å². The number of amides is 1. The minimum absolute atomic E-state index is 0.0196. The summed E-state index contributed by atoms with van der Waals surface area (Å²) in [6, 6.07) is 0.248. The molecule has 0 bridgehead atoms. The van der Waals surface area contributed by atoms with E-state index < -0.39 is 0 Å². The summed E-state index contributed by atoms with van der Waals surface area (Å²) in [6.45, 7) is 10.6. The standard InChI is InChI=1S/C16H30N2O/c1-5-18(10-12-6-7-12)15(19)13-8-9-14(17)11(2)16(13,3)4/h11-14H,5-10,17H2,1-4H3. The van der Waals surface area contributed by atoms with Crippen LogP contribution in [-0.2, 0) is 4.79 Å². The zero-order chi connectivity index (χ0) is 14.2. The van der Waals surface area contributed by atoms with Gasteiger partial charge in [-0.2, -0.15) is 0 Å². The summed E-state index contributed by atoms with van der Waals surface area (Å²) < 4.78 is 0. The number of carbonyl (C=O) groups excluding carboxylic acids is 1. The molecule has 3 atom stereocenters. The lowest BCUT2D eigenvalue weighted by atomic mass is 9.60. The van der Waals surface area contributed by atoms with Crippen LogP contribution >= 0.6 is 0 Å². The Morgan fingerprint density at radius 2 is 1.89 bits per heavy atom. The highest BCUT2D eigenvalue weighted by Crippen LogP contribution is 2.45. The smallest absolute Gasteiger partial charge is 0.226 e. The van der Waals surface area contributed by atoms with Gasteiger partial charge in [-0.25, -0.2) is 0 Å². The van der Waals surface area contributed by atoms with Gasteiger partial charge >= 0.3 is 0 Å². The minimum Gasteiger partial charge on any atom is -0.342 e. The summed E-state index contributed by atoms with van der Waals surface area (Å²) >= 11 is 0. The molecule has 2 rings (SSSR count). The maximum Gasteiger partial charge on any atom is 0.226 e. The van der Waals surface area contributed by atoms with E-state index in [1.54, 1.807) is 0 Å². The van der Waals surface area contributed by atoms with Crippen molar-refractivity contribution >= 4 is 5.91 Å². The Kier molecular flexibility index (Phi) is 4.24. The van der Waals surface area contributed by atoms with Crippen LogP contribution in [0.3, 0.4) is 0 Å². The number of nitrogens with two attached hydrogens (primary N) is 1. The fourth-order valence-corrected chi connectivity index (χ4v) is 3.50. The van der Waals surface area contributed by atoms with Gasteiger partial charge in [-0.3, -0.25) is 4.79 Å². The average molecular weight is 266 g/mol. The van der Waals surface area contributed by atoms with Crippen molar-refractivity contribution in [2.24, 2.45) is 28.9 Å². The fourth-order valence-electron chi connectivity index (χ4n) is 3.50. The Labute approximate surface area is 117 Å². The van der Waals surface area contributed by atoms with E-state index in [1.165, 1.54) is 12.8 Å². The van der Waals surface area contributed by atoms with Gasteiger partial charge in [0.15, 0.2) is 0 Å². The molecule has 3 nitrogen and oxygen atoms in total. The minimum atomic E-state index is 0.0196. The molecule has 3 heteroatoms. The molecule has 3 unspecified atom stereocenters. The molecule has 0 aromatic carbocycles. The van der Waals surface area contributed by atoms with Gasteiger partial charge in [0, 0.05) is 25.0 Å². The van der Waals surface area contributed by atoms with Gasteiger partial charge in [0.25, 0.3) is 0 Å². The summed E-state index contributed by atoms with van der Waals surface area (Å²) in [4.78, 5) is 14.9. The molecule has 2 fully saturated rings. The van der Waals surface area contributed by atoms with Crippen LogP contribution in [0.1, 0.15) is 53.4 Å². The van der Waals surface area contributed by atoms with Gasteiger partial charge < -0.3 is 10.6 Å². The van der Waals surface area contributed by atoms with E-state index in [-0.39, 0.29) is 17.4 Å². The second kappa shape index (κ2) is 5.43. The van der Waals surface area contributed by atoms with Crippen molar-refractivity contribution in [3.05, 3.63) is 0 Å². The van der Waals surface area contributed by atoms with Crippen molar-refractivity contribution in [2.45, 2.75) is 59.4 Å². The van der Waals surface area contributed by atoms with Gasteiger partial charge in [-0.05, 0) is 49.9 Å². The molecular weight excluding hydrogens is 236 g/mol. The molecule has 2 aliphatic rings. The Morgan fingerprint density at radius 1 is 1.26 bits per heavy atom. The van der Waals surface area contributed by atoms with E-state index in [0.29, 0.717) is 11.8 Å². The molecule has 110 valence electrons. The molecule has 2 N–H and O–H groups in total. The third-order valence-electron chi connectivity index (χ3n) is 5.67. The summed E-state index contributed by atoms with van der Waals surface area (Å²) in [5, 5.41) is 0. The topological polar surface area (TPSA) is 46.3 Å². The van der Waals surface area contributed by atoms with Gasteiger partial charge in [-0.15, -0.1) is 0 Å². The van der Waals surface area contributed by atoms with E-state index in [4.69, 9.17) is 5.73 Å². The van der Waals surface area contributed by atoms with Crippen LogP contribution in [0, 0.1) is 23.2 Å². The van der Waals surface area contributed by atoms with Crippen LogP contribution in [-0.4, -0.2) is 29.9 Å². The predicted molar refractivity (Wildman–Crippen MR) is 78.6 cm³/mol. The maximum absolute atomic E-state index is 12.8. The normalized spacial score (nSPS) is 34.1. The lowest BCUT2D eigenvalue weighted by molar-refractivity contribution is -0.143. The highest BCUT2D eigenvalue weighted by molar-refractivity contribution is 5.80. The maximum atomic E-state index is 12.8. The summed E-state index contributed by atoms with van der Waals surface area (Å²) in [7, 11) is 0. The molecule has 2 saturated carbocycles. The molecule has 0 heterocycles. The monoisotopic (exact) mass is 266 g/mol. The number of rotatable bonds is 4. The Bertz CT molecular complexity index is 336. The lowest BCUT2D eigenvalue weighted by Crippen LogP contribution is -2.52. The lowest BCUT2D eigenvalue weighted by Gasteiger charge is -2.47. The first kappa shape index (κ1) is 14.8. The van der Waals surface area contributed by atoms with Crippen molar-refractivity contribution in [3.63, 3.8) is 0 Å². The third-order valence-corrected chi connectivity index (χ3v) is 5.67. The van der Waals surface area contributed by atoms with E-state index in [2.05, 4.69) is 32.6 Å². The number of hydrogen-bond acceptors (Lipinski definition) is 2. The highest BCUT2D eigenvalue weighted by Gasteiger charge is 2.46. The Balaban J connectivity index is 2.07. The zero-order valence-corrected chi connectivity index (χ0v) is 13.0. The molecule has 0 spiro atoms. The zero-order valence-electron chi connectivity index (χ0n) is 13.0. The molecule has 19 heavy (non-hydrogen) atoms. The largest absolute Gasteiger partial charge is 0.342 e. The molecule has 1 amide bonds. The molecule has 2 aliphatic carbocycles. The molecule has 0 aromatic heterocycles. The second-order valence-electron chi connectivity index (χ2n) is 7.22. The summed E-state index contributed by atoms with van der Waals surface area (Å²) in [6.07, 6.45) is 4.55. The first-order chi connectivity index (χ1) is 8.87. The number of nitrogens with zero attached hydrogens (tertiary/aromatic N) is 1. The third kappa shape index (κ3) is 2.96.